The van der Waals surface area contributed by atoms with Crippen LogP contribution in [0.3, 0.4) is 0 Å². The zero-order valence-electron chi connectivity index (χ0n) is 16.8. The van der Waals surface area contributed by atoms with E-state index < -0.39 is 96.3 Å². The number of hydrogen-bond donors (Lipinski definition) is 0. The summed E-state index contributed by atoms with van der Waals surface area (Å²) in [5.41, 5.74) is 0. The van der Waals surface area contributed by atoms with Crippen molar-refractivity contribution in [2.75, 3.05) is 0 Å². The molecule has 1 fully saturated rings. The van der Waals surface area contributed by atoms with Gasteiger partial charge in [-0.25, -0.2) is 0 Å². The van der Waals surface area contributed by atoms with Crippen LogP contribution in [0.5, 0.6) is 0 Å². The minimum atomic E-state index is -7.66. The second kappa shape index (κ2) is 8.91. The molecule has 0 amide bonds. The van der Waals surface area contributed by atoms with Crippen LogP contribution in [0.15, 0.2) is 0 Å². The van der Waals surface area contributed by atoms with Gasteiger partial charge in [0.25, 0.3) is 0 Å². The fourth-order valence-corrected chi connectivity index (χ4v) is 3.07. The van der Waals surface area contributed by atoms with E-state index in [1.165, 1.54) is 0 Å². The topological polar surface area (TPSA) is 51.2 Å². The molecule has 0 bridgehead atoms. The number of alkyl halides is 18. The summed E-state index contributed by atoms with van der Waals surface area (Å²) in [5, 5.41) is 0. The molecule has 3 nitrogen and oxygen atoms in total. The van der Waals surface area contributed by atoms with Crippen molar-refractivity contribution in [2.24, 2.45) is 11.8 Å². The van der Waals surface area contributed by atoms with Crippen molar-refractivity contribution in [2.45, 2.75) is 67.2 Å². The lowest BCUT2D eigenvalue weighted by atomic mass is 9.72. The quantitative estimate of drug-likeness (QED) is 0.256. The molecule has 37 heavy (non-hydrogen) atoms. The highest BCUT2D eigenvalue weighted by Gasteiger charge is 2.85. The lowest BCUT2D eigenvalue weighted by Crippen LogP contribution is -2.66. The van der Waals surface area contributed by atoms with Crippen LogP contribution in [0.25, 0.3) is 0 Å². The van der Waals surface area contributed by atoms with Crippen LogP contribution in [0.2, 0.25) is 0 Å². The van der Waals surface area contributed by atoms with Crippen LogP contribution >= 0.6 is 0 Å². The molecule has 1 aliphatic carbocycles. The van der Waals surface area contributed by atoms with Gasteiger partial charge in [-0.3, -0.25) is 14.4 Å². The molecule has 2 unspecified atom stereocenters. The Bertz CT molecular complexity index is 856. The van der Waals surface area contributed by atoms with Gasteiger partial charge in [-0.15, -0.1) is 0 Å². The second-order valence-electron chi connectivity index (χ2n) is 7.61. The molecular weight excluding hydrogens is 582 g/mol. The summed E-state index contributed by atoms with van der Waals surface area (Å²) < 4.78 is 234. The first-order valence-corrected chi connectivity index (χ1v) is 8.99. The molecule has 1 aliphatic rings. The molecule has 0 spiro atoms. The first kappa shape index (κ1) is 32.8. The molecule has 0 aromatic heterocycles. The Hall–Kier alpha value is -2.25. The Morgan fingerprint density at radius 3 is 0.946 bits per heavy atom. The summed E-state index contributed by atoms with van der Waals surface area (Å²) in [6.07, 6.45) is -19.2. The monoisotopic (exact) mass is 590 g/mol. The van der Waals surface area contributed by atoms with E-state index in [0.29, 0.717) is 0 Å². The highest BCUT2D eigenvalue weighted by molar-refractivity contribution is 6.15. The Balaban J connectivity index is 3.45. The molecule has 0 aromatic rings. The van der Waals surface area contributed by atoms with Gasteiger partial charge in [0, 0.05) is 0 Å². The summed E-state index contributed by atoms with van der Waals surface area (Å²) in [6, 6.07) is 0. The standard InChI is InChI=1S/C16H8F18O3/c17-9(18,11(21,22)13(25,26)15(29,30)31)7(36)4-2-1-3-5(6(4)35)8(37)10(19,20)12(23,24)14(27,28)16(32,33)34/h4-5H,1-3H2. The van der Waals surface area contributed by atoms with Crippen molar-refractivity contribution >= 4 is 17.3 Å². The van der Waals surface area contributed by atoms with Crippen molar-refractivity contribution in [3.63, 3.8) is 0 Å². The number of Topliss-reactive ketones (excluding diaryl/α,β-unsaturated/α-hetero) is 3. The maximum atomic E-state index is 13.8. The van der Waals surface area contributed by atoms with Gasteiger partial charge < -0.3 is 0 Å². The first-order chi connectivity index (χ1) is 16.0. The molecule has 0 radical (unpaired) electrons. The summed E-state index contributed by atoms with van der Waals surface area (Å²) in [4.78, 5) is 35.4. The van der Waals surface area contributed by atoms with Crippen molar-refractivity contribution in [1.82, 2.24) is 0 Å². The molecule has 2 atom stereocenters. The largest absolute Gasteiger partial charge is 0.460 e. The predicted molar refractivity (Wildman–Crippen MR) is 77.6 cm³/mol. The Morgan fingerprint density at radius 2 is 0.730 bits per heavy atom. The van der Waals surface area contributed by atoms with Crippen molar-refractivity contribution in [3.8, 4) is 0 Å². The molecule has 1 saturated carbocycles. The molecule has 0 aliphatic heterocycles. The van der Waals surface area contributed by atoms with Gasteiger partial charge in [-0.05, 0) is 12.8 Å². The Morgan fingerprint density at radius 1 is 0.486 bits per heavy atom. The third-order valence-electron chi connectivity index (χ3n) is 5.21. The normalized spacial score (nSPS) is 21.7. The van der Waals surface area contributed by atoms with Gasteiger partial charge in [0.05, 0.1) is 11.8 Å². The average Bonchev–Trinajstić information content (AvgIpc) is 2.70. The minimum Gasteiger partial charge on any atom is -0.298 e. The van der Waals surface area contributed by atoms with Crippen molar-refractivity contribution < 1.29 is 93.4 Å². The summed E-state index contributed by atoms with van der Waals surface area (Å²) in [7, 11) is 0. The second-order valence-corrected chi connectivity index (χ2v) is 7.61. The molecule has 1 rings (SSSR count). The number of carbonyl (C=O) groups excluding carboxylic acids is 3. The third kappa shape index (κ3) is 4.63. The van der Waals surface area contributed by atoms with Gasteiger partial charge in [0.2, 0.25) is 11.6 Å². The fraction of sp³-hybridized carbons (Fsp3) is 0.812. The molecule has 21 heteroatoms. The number of rotatable bonds is 8. The van der Waals surface area contributed by atoms with Crippen LogP contribution in [0.1, 0.15) is 19.3 Å². The average molecular weight is 590 g/mol. The van der Waals surface area contributed by atoms with Crippen LogP contribution in [0, 0.1) is 11.8 Å². The van der Waals surface area contributed by atoms with Crippen LogP contribution < -0.4 is 0 Å². The summed E-state index contributed by atoms with van der Waals surface area (Å²) in [6.45, 7) is 0. The maximum absolute atomic E-state index is 13.8. The number of hydrogen-bond acceptors (Lipinski definition) is 3. The maximum Gasteiger partial charge on any atom is 0.460 e. The lowest BCUT2D eigenvalue weighted by Gasteiger charge is -2.37. The van der Waals surface area contributed by atoms with Gasteiger partial charge in [-0.1, -0.05) is 6.42 Å². The van der Waals surface area contributed by atoms with E-state index in [1.54, 1.807) is 0 Å². The van der Waals surface area contributed by atoms with Gasteiger partial charge >= 0.3 is 47.9 Å². The fourth-order valence-electron chi connectivity index (χ4n) is 3.07. The molecule has 0 N–H and O–H groups in total. The minimum absolute atomic E-state index is 1.24. The van der Waals surface area contributed by atoms with E-state index in [-0.39, 0.29) is 0 Å². The lowest BCUT2D eigenvalue weighted by molar-refractivity contribution is -0.388. The third-order valence-corrected chi connectivity index (χ3v) is 5.21. The molecule has 0 aromatic carbocycles. The van der Waals surface area contributed by atoms with Gasteiger partial charge in [0.15, 0.2) is 5.78 Å². The van der Waals surface area contributed by atoms with E-state index in [2.05, 4.69) is 0 Å². The molecule has 216 valence electrons. The zero-order valence-corrected chi connectivity index (χ0v) is 16.8. The SMILES string of the molecule is O=C1C(C(=O)C(F)(F)C(F)(F)C(F)(F)C(F)(F)F)CCCC1C(=O)C(F)(F)C(F)(F)C(F)(F)C(F)(F)F. The van der Waals surface area contributed by atoms with E-state index in [0.717, 1.165) is 0 Å². The van der Waals surface area contributed by atoms with Gasteiger partial charge in [-0.2, -0.15) is 79.0 Å². The Labute approximate surface area is 191 Å². The molecular formula is C16H8F18O3. The smallest absolute Gasteiger partial charge is 0.298 e. The number of ketones is 3. The van der Waals surface area contributed by atoms with Crippen LogP contribution in [-0.2, 0) is 14.4 Å². The number of halogens is 18. The van der Waals surface area contributed by atoms with Crippen molar-refractivity contribution in [3.05, 3.63) is 0 Å². The highest BCUT2D eigenvalue weighted by Crippen LogP contribution is 2.56. The van der Waals surface area contributed by atoms with E-state index in [9.17, 15) is 93.4 Å². The highest BCUT2D eigenvalue weighted by atomic mass is 19.4. The van der Waals surface area contributed by atoms with Crippen LogP contribution in [0.4, 0.5) is 79.0 Å². The Kier molecular flexibility index (Phi) is 7.89. The van der Waals surface area contributed by atoms with E-state index >= 15 is 0 Å². The summed E-state index contributed by atoms with van der Waals surface area (Å²) in [5.74, 6) is -62.6. The molecule has 0 saturated heterocycles. The van der Waals surface area contributed by atoms with Gasteiger partial charge in [0.1, 0.15) is 0 Å². The van der Waals surface area contributed by atoms with E-state index in [4.69, 9.17) is 0 Å². The molecule has 0 heterocycles. The number of carbonyl (C=O) groups is 3. The zero-order chi connectivity index (χ0) is 30.0. The van der Waals surface area contributed by atoms with Crippen molar-refractivity contribution in [1.29, 1.82) is 0 Å². The summed E-state index contributed by atoms with van der Waals surface area (Å²) >= 11 is 0. The van der Waals surface area contributed by atoms with Crippen LogP contribution in [-0.4, -0.2) is 65.2 Å². The van der Waals surface area contributed by atoms with E-state index in [1.807, 2.05) is 0 Å². The first-order valence-electron chi connectivity index (χ1n) is 8.99. The predicted octanol–water partition coefficient (Wildman–Crippen LogP) is 6.05.